The summed E-state index contributed by atoms with van der Waals surface area (Å²) in [5.41, 5.74) is 1.90. The lowest BCUT2D eigenvalue weighted by molar-refractivity contribution is -0.119. The summed E-state index contributed by atoms with van der Waals surface area (Å²) in [7, 11) is 0. The van der Waals surface area contributed by atoms with Crippen molar-refractivity contribution < 1.29 is 13.6 Å². The van der Waals surface area contributed by atoms with E-state index in [-0.39, 0.29) is 30.9 Å². The minimum atomic E-state index is -0.837. The van der Waals surface area contributed by atoms with Gasteiger partial charge in [-0.1, -0.05) is 25.1 Å². The van der Waals surface area contributed by atoms with Crippen molar-refractivity contribution in [2.45, 2.75) is 39.4 Å². The Labute approximate surface area is 189 Å². The van der Waals surface area contributed by atoms with Crippen LogP contribution in [0.25, 0.3) is 11.0 Å². The van der Waals surface area contributed by atoms with Gasteiger partial charge in [0.15, 0.2) is 0 Å². The number of aryl methyl sites for hydroxylation is 2. The SMILES string of the molecule is CCCn1c(=O)n(CCC(=O)N(Cc2ccccn2)c2ccc(F)cc2F)c2ccccc21. The van der Waals surface area contributed by atoms with Gasteiger partial charge in [-0.3, -0.25) is 18.9 Å². The van der Waals surface area contributed by atoms with E-state index in [0.29, 0.717) is 12.2 Å². The molecule has 0 saturated carbocycles. The van der Waals surface area contributed by atoms with Crippen LogP contribution < -0.4 is 10.6 Å². The van der Waals surface area contributed by atoms with E-state index in [1.165, 1.54) is 11.0 Å². The van der Waals surface area contributed by atoms with Crippen molar-refractivity contribution in [1.82, 2.24) is 14.1 Å². The third kappa shape index (κ3) is 4.69. The minimum absolute atomic E-state index is 0.0225. The number of hydrogen-bond donors (Lipinski definition) is 0. The summed E-state index contributed by atoms with van der Waals surface area (Å²) in [4.78, 5) is 31.7. The number of para-hydroxylation sites is 2. The average Bonchev–Trinajstić information content (AvgIpc) is 3.08. The van der Waals surface area contributed by atoms with Gasteiger partial charge in [-0.05, 0) is 42.8 Å². The Morgan fingerprint density at radius 3 is 2.30 bits per heavy atom. The van der Waals surface area contributed by atoms with Gasteiger partial charge in [0.25, 0.3) is 0 Å². The predicted molar refractivity (Wildman–Crippen MR) is 123 cm³/mol. The number of carbonyl (C=O) groups excluding carboxylic acids is 1. The number of imidazole rings is 1. The van der Waals surface area contributed by atoms with E-state index in [2.05, 4.69) is 4.98 Å². The number of benzene rings is 2. The van der Waals surface area contributed by atoms with Crippen LogP contribution in [0.15, 0.2) is 71.7 Å². The Balaban J connectivity index is 1.64. The van der Waals surface area contributed by atoms with Gasteiger partial charge < -0.3 is 4.90 Å². The summed E-state index contributed by atoms with van der Waals surface area (Å²) in [6.07, 6.45) is 2.35. The first-order valence-corrected chi connectivity index (χ1v) is 10.8. The summed E-state index contributed by atoms with van der Waals surface area (Å²) in [5.74, 6) is -1.96. The van der Waals surface area contributed by atoms with Crippen molar-refractivity contribution in [1.29, 1.82) is 0 Å². The number of carbonyl (C=O) groups is 1. The van der Waals surface area contributed by atoms with E-state index in [9.17, 15) is 18.4 Å². The Morgan fingerprint density at radius 2 is 1.67 bits per heavy atom. The zero-order valence-electron chi connectivity index (χ0n) is 18.2. The van der Waals surface area contributed by atoms with Crippen LogP contribution in [0.5, 0.6) is 0 Å². The van der Waals surface area contributed by atoms with Crippen molar-refractivity contribution in [3.05, 3.63) is 94.7 Å². The molecular formula is C25H24F2N4O2. The number of rotatable bonds is 8. The number of halogens is 2. The number of anilines is 1. The maximum absolute atomic E-state index is 14.6. The van der Waals surface area contributed by atoms with Gasteiger partial charge in [0.05, 0.1) is 29.0 Å². The fraction of sp³-hybridized carbons (Fsp3) is 0.240. The third-order valence-corrected chi connectivity index (χ3v) is 5.47. The van der Waals surface area contributed by atoms with Crippen LogP contribution in [0, 0.1) is 11.6 Å². The molecule has 170 valence electrons. The second-order valence-corrected chi connectivity index (χ2v) is 7.72. The number of pyridine rings is 1. The minimum Gasteiger partial charge on any atom is -0.304 e. The van der Waals surface area contributed by atoms with Crippen LogP contribution in [-0.4, -0.2) is 20.0 Å². The first-order chi connectivity index (χ1) is 16.0. The zero-order valence-corrected chi connectivity index (χ0v) is 18.2. The highest BCUT2D eigenvalue weighted by Gasteiger charge is 2.22. The molecule has 1 amide bonds. The Hall–Kier alpha value is -3.81. The maximum Gasteiger partial charge on any atom is 0.329 e. The maximum atomic E-state index is 14.6. The normalized spacial score (nSPS) is 11.1. The van der Waals surface area contributed by atoms with E-state index in [1.807, 2.05) is 31.2 Å². The Kier molecular flexibility index (Phi) is 6.63. The van der Waals surface area contributed by atoms with Crippen molar-refractivity contribution in [2.24, 2.45) is 0 Å². The standard InChI is InChI=1S/C25H24F2N4O2/c1-2-14-29-22-8-3-4-9-23(22)30(25(29)33)15-12-24(32)31(17-19-7-5-6-13-28-19)21-11-10-18(26)16-20(21)27/h3-11,13,16H,2,12,14-15,17H2,1H3. The summed E-state index contributed by atoms with van der Waals surface area (Å²) in [5, 5.41) is 0. The quantitative estimate of drug-likeness (QED) is 0.397. The zero-order chi connectivity index (χ0) is 23.4. The van der Waals surface area contributed by atoms with Crippen LogP contribution in [0.4, 0.5) is 14.5 Å². The fourth-order valence-corrected chi connectivity index (χ4v) is 3.93. The van der Waals surface area contributed by atoms with Crippen LogP contribution in [0.1, 0.15) is 25.5 Å². The average molecular weight is 450 g/mol. The van der Waals surface area contributed by atoms with Gasteiger partial charge >= 0.3 is 5.69 Å². The molecule has 0 bridgehead atoms. The molecule has 0 atom stereocenters. The molecule has 6 nitrogen and oxygen atoms in total. The molecule has 0 unspecified atom stereocenters. The number of hydrogen-bond acceptors (Lipinski definition) is 3. The summed E-state index contributed by atoms with van der Waals surface area (Å²) >= 11 is 0. The number of aromatic nitrogens is 3. The molecule has 0 radical (unpaired) electrons. The number of nitrogens with zero attached hydrogens (tertiary/aromatic N) is 4. The lowest BCUT2D eigenvalue weighted by Crippen LogP contribution is -2.33. The smallest absolute Gasteiger partial charge is 0.304 e. The Morgan fingerprint density at radius 1 is 0.970 bits per heavy atom. The van der Waals surface area contributed by atoms with E-state index >= 15 is 0 Å². The summed E-state index contributed by atoms with van der Waals surface area (Å²) < 4.78 is 31.3. The lowest BCUT2D eigenvalue weighted by atomic mass is 10.2. The van der Waals surface area contributed by atoms with Crippen molar-refractivity contribution >= 4 is 22.6 Å². The van der Waals surface area contributed by atoms with E-state index < -0.39 is 17.5 Å². The lowest BCUT2D eigenvalue weighted by Gasteiger charge is -2.23. The molecule has 2 aromatic carbocycles. The van der Waals surface area contributed by atoms with Crippen molar-refractivity contribution in [2.75, 3.05) is 4.90 Å². The fourth-order valence-electron chi connectivity index (χ4n) is 3.93. The van der Waals surface area contributed by atoms with Gasteiger partial charge in [-0.15, -0.1) is 0 Å². The molecule has 4 aromatic rings. The molecule has 33 heavy (non-hydrogen) atoms. The highest BCUT2D eigenvalue weighted by Crippen LogP contribution is 2.23. The van der Waals surface area contributed by atoms with E-state index in [0.717, 1.165) is 29.6 Å². The highest BCUT2D eigenvalue weighted by molar-refractivity contribution is 5.93. The second kappa shape index (κ2) is 9.77. The van der Waals surface area contributed by atoms with Gasteiger partial charge in [0.1, 0.15) is 11.6 Å². The van der Waals surface area contributed by atoms with Gasteiger partial charge in [-0.25, -0.2) is 13.6 Å². The van der Waals surface area contributed by atoms with Crippen molar-refractivity contribution in [3.63, 3.8) is 0 Å². The largest absolute Gasteiger partial charge is 0.329 e. The first kappa shape index (κ1) is 22.4. The third-order valence-electron chi connectivity index (χ3n) is 5.47. The summed E-state index contributed by atoms with van der Waals surface area (Å²) in [6, 6.07) is 15.8. The summed E-state index contributed by atoms with van der Waals surface area (Å²) in [6.45, 7) is 2.73. The predicted octanol–water partition coefficient (Wildman–Crippen LogP) is 4.51. The molecule has 2 heterocycles. The van der Waals surface area contributed by atoms with Crippen LogP contribution in [0.2, 0.25) is 0 Å². The molecule has 2 aromatic heterocycles. The molecule has 0 N–H and O–H groups in total. The second-order valence-electron chi connectivity index (χ2n) is 7.72. The van der Waals surface area contributed by atoms with Crippen LogP contribution >= 0.6 is 0 Å². The molecule has 0 fully saturated rings. The monoisotopic (exact) mass is 450 g/mol. The first-order valence-electron chi connectivity index (χ1n) is 10.8. The van der Waals surface area contributed by atoms with Crippen molar-refractivity contribution in [3.8, 4) is 0 Å². The van der Waals surface area contributed by atoms with Crippen LogP contribution in [-0.2, 0) is 24.4 Å². The van der Waals surface area contributed by atoms with Gasteiger partial charge in [0.2, 0.25) is 5.91 Å². The van der Waals surface area contributed by atoms with Crippen LogP contribution in [0.3, 0.4) is 0 Å². The topological polar surface area (TPSA) is 60.1 Å². The van der Waals surface area contributed by atoms with Gasteiger partial charge in [-0.2, -0.15) is 0 Å². The number of amides is 1. The van der Waals surface area contributed by atoms with Gasteiger partial charge in [0, 0.05) is 31.8 Å². The van der Waals surface area contributed by atoms with E-state index in [4.69, 9.17) is 0 Å². The molecule has 4 rings (SSSR count). The molecule has 8 heteroatoms. The number of fused-ring (bicyclic) bond motifs is 1. The van der Waals surface area contributed by atoms with E-state index in [1.54, 1.807) is 33.5 Å². The molecular weight excluding hydrogens is 426 g/mol. The Bertz CT molecular complexity index is 1330. The highest BCUT2D eigenvalue weighted by atomic mass is 19.1. The molecule has 0 saturated heterocycles. The molecule has 0 aliphatic carbocycles. The molecule has 0 aliphatic heterocycles. The molecule has 0 spiro atoms. The molecule has 0 aliphatic rings.